The zero-order valence-corrected chi connectivity index (χ0v) is 12.8. The molecule has 1 unspecified atom stereocenters. The SMILES string of the molecule is CCCNCC(Cc1cccc(F)c1)Cc1cccs1. The third-order valence-corrected chi connectivity index (χ3v) is 4.24. The van der Waals surface area contributed by atoms with Gasteiger partial charge in [0.1, 0.15) is 5.82 Å². The summed E-state index contributed by atoms with van der Waals surface area (Å²) in [5.41, 5.74) is 1.09. The van der Waals surface area contributed by atoms with Crippen molar-refractivity contribution in [1.82, 2.24) is 5.32 Å². The quantitative estimate of drug-likeness (QED) is 0.716. The number of thiophene rings is 1. The van der Waals surface area contributed by atoms with Gasteiger partial charge in [0.2, 0.25) is 0 Å². The van der Waals surface area contributed by atoms with E-state index in [0.29, 0.717) is 5.92 Å². The number of nitrogens with one attached hydrogen (secondary N) is 1. The summed E-state index contributed by atoms with van der Waals surface area (Å²) in [6.07, 6.45) is 3.13. The molecule has 0 aliphatic heterocycles. The van der Waals surface area contributed by atoms with Gasteiger partial charge >= 0.3 is 0 Å². The van der Waals surface area contributed by atoms with Gasteiger partial charge in [0.05, 0.1) is 0 Å². The van der Waals surface area contributed by atoms with Gasteiger partial charge < -0.3 is 5.32 Å². The molecule has 0 aliphatic rings. The van der Waals surface area contributed by atoms with Crippen molar-refractivity contribution in [2.75, 3.05) is 13.1 Å². The maximum Gasteiger partial charge on any atom is 0.123 e. The van der Waals surface area contributed by atoms with Gasteiger partial charge in [-0.15, -0.1) is 11.3 Å². The van der Waals surface area contributed by atoms with E-state index in [0.717, 1.165) is 37.9 Å². The van der Waals surface area contributed by atoms with Crippen molar-refractivity contribution in [3.63, 3.8) is 0 Å². The molecule has 0 amide bonds. The van der Waals surface area contributed by atoms with Crippen molar-refractivity contribution >= 4 is 11.3 Å². The molecule has 0 saturated carbocycles. The minimum absolute atomic E-state index is 0.140. The highest BCUT2D eigenvalue weighted by atomic mass is 32.1. The fourth-order valence-electron chi connectivity index (χ4n) is 2.41. The Kier molecular flexibility index (Phi) is 6.22. The van der Waals surface area contributed by atoms with Gasteiger partial charge in [-0.2, -0.15) is 0 Å². The van der Waals surface area contributed by atoms with Crippen LogP contribution in [0.3, 0.4) is 0 Å². The second kappa shape index (κ2) is 8.18. The Morgan fingerprint density at radius 2 is 2.10 bits per heavy atom. The summed E-state index contributed by atoms with van der Waals surface area (Å²) in [5.74, 6) is 0.376. The second-order valence-corrected chi connectivity index (χ2v) is 6.22. The fraction of sp³-hybridized carbons (Fsp3) is 0.412. The van der Waals surface area contributed by atoms with Gasteiger partial charge in [-0.05, 0) is 67.4 Å². The molecule has 1 nitrogen and oxygen atoms in total. The van der Waals surface area contributed by atoms with Crippen LogP contribution in [0, 0.1) is 11.7 Å². The first-order chi connectivity index (χ1) is 9.78. The summed E-state index contributed by atoms with van der Waals surface area (Å²) in [4.78, 5) is 1.41. The molecular formula is C17H22FNS. The first-order valence-corrected chi connectivity index (χ1v) is 8.13. The van der Waals surface area contributed by atoms with Crippen molar-refractivity contribution in [2.45, 2.75) is 26.2 Å². The predicted octanol–water partition coefficient (Wildman–Crippen LogP) is 4.29. The predicted molar refractivity (Wildman–Crippen MR) is 84.8 cm³/mol. The van der Waals surface area contributed by atoms with E-state index in [1.807, 2.05) is 6.07 Å². The van der Waals surface area contributed by atoms with E-state index in [9.17, 15) is 4.39 Å². The van der Waals surface area contributed by atoms with Crippen LogP contribution in [0.4, 0.5) is 4.39 Å². The zero-order chi connectivity index (χ0) is 14.2. The van der Waals surface area contributed by atoms with Crippen LogP contribution in [0.5, 0.6) is 0 Å². The topological polar surface area (TPSA) is 12.0 Å². The molecule has 108 valence electrons. The van der Waals surface area contributed by atoms with Crippen LogP contribution >= 0.6 is 11.3 Å². The standard InChI is InChI=1S/C17H22FNS/c1-2-8-19-13-15(12-17-7-4-9-20-17)10-14-5-3-6-16(18)11-14/h3-7,9,11,15,19H,2,8,10,12-13H2,1H3. The third-order valence-electron chi connectivity index (χ3n) is 3.34. The van der Waals surface area contributed by atoms with E-state index in [-0.39, 0.29) is 5.82 Å². The Morgan fingerprint density at radius 3 is 2.80 bits per heavy atom. The molecule has 1 aromatic heterocycles. The van der Waals surface area contributed by atoms with Crippen LogP contribution in [0.15, 0.2) is 41.8 Å². The Balaban J connectivity index is 1.97. The molecule has 3 heteroatoms. The molecule has 0 bridgehead atoms. The molecule has 1 atom stereocenters. The average Bonchev–Trinajstić information content (AvgIpc) is 2.92. The summed E-state index contributed by atoms with van der Waals surface area (Å²) in [6, 6.07) is 11.3. The molecule has 2 rings (SSSR count). The average molecular weight is 291 g/mol. The van der Waals surface area contributed by atoms with E-state index in [2.05, 4.69) is 29.8 Å². The molecule has 0 aliphatic carbocycles. The zero-order valence-electron chi connectivity index (χ0n) is 11.9. The highest BCUT2D eigenvalue weighted by Gasteiger charge is 2.11. The lowest BCUT2D eigenvalue weighted by molar-refractivity contribution is 0.472. The van der Waals surface area contributed by atoms with Crippen LogP contribution in [0.2, 0.25) is 0 Å². The third kappa shape index (κ3) is 5.06. The van der Waals surface area contributed by atoms with Crippen LogP contribution in [0.25, 0.3) is 0 Å². The van der Waals surface area contributed by atoms with Gasteiger partial charge in [0.25, 0.3) is 0 Å². The van der Waals surface area contributed by atoms with Crippen molar-refractivity contribution in [3.8, 4) is 0 Å². The second-order valence-electron chi connectivity index (χ2n) is 5.19. The molecular weight excluding hydrogens is 269 g/mol. The summed E-state index contributed by atoms with van der Waals surface area (Å²) < 4.78 is 13.3. The highest BCUT2D eigenvalue weighted by molar-refractivity contribution is 7.09. The molecule has 1 N–H and O–H groups in total. The van der Waals surface area contributed by atoms with Gasteiger partial charge in [-0.3, -0.25) is 0 Å². The monoisotopic (exact) mass is 291 g/mol. The van der Waals surface area contributed by atoms with Gasteiger partial charge in [0, 0.05) is 4.88 Å². The smallest absolute Gasteiger partial charge is 0.123 e. The lowest BCUT2D eigenvalue weighted by Gasteiger charge is -2.17. The molecule has 0 radical (unpaired) electrons. The normalized spacial score (nSPS) is 12.5. The van der Waals surface area contributed by atoms with Gasteiger partial charge in [-0.1, -0.05) is 25.1 Å². The maximum atomic E-state index is 13.3. The van der Waals surface area contributed by atoms with E-state index in [1.165, 1.54) is 10.9 Å². The Hall–Kier alpha value is -1.19. The van der Waals surface area contributed by atoms with Crippen LogP contribution < -0.4 is 5.32 Å². The molecule has 1 heterocycles. The Bertz CT molecular complexity index is 495. The van der Waals surface area contributed by atoms with Crippen LogP contribution in [0.1, 0.15) is 23.8 Å². The largest absolute Gasteiger partial charge is 0.316 e. The van der Waals surface area contributed by atoms with E-state index in [1.54, 1.807) is 23.5 Å². The molecule has 2 aromatic rings. The minimum Gasteiger partial charge on any atom is -0.316 e. The molecule has 0 saturated heterocycles. The lowest BCUT2D eigenvalue weighted by Crippen LogP contribution is -2.26. The van der Waals surface area contributed by atoms with Crippen molar-refractivity contribution in [1.29, 1.82) is 0 Å². The molecule has 0 spiro atoms. The van der Waals surface area contributed by atoms with Crippen molar-refractivity contribution in [3.05, 3.63) is 58.0 Å². The molecule has 0 fully saturated rings. The van der Waals surface area contributed by atoms with Gasteiger partial charge in [-0.25, -0.2) is 4.39 Å². The van der Waals surface area contributed by atoms with Crippen molar-refractivity contribution in [2.24, 2.45) is 5.92 Å². The van der Waals surface area contributed by atoms with Crippen LogP contribution in [-0.2, 0) is 12.8 Å². The van der Waals surface area contributed by atoms with E-state index < -0.39 is 0 Å². The van der Waals surface area contributed by atoms with Crippen molar-refractivity contribution < 1.29 is 4.39 Å². The Morgan fingerprint density at radius 1 is 1.20 bits per heavy atom. The minimum atomic E-state index is -0.140. The first kappa shape index (κ1) is 15.2. The van der Waals surface area contributed by atoms with E-state index in [4.69, 9.17) is 0 Å². The number of halogens is 1. The molecule has 20 heavy (non-hydrogen) atoms. The summed E-state index contributed by atoms with van der Waals surface area (Å²) >= 11 is 1.80. The first-order valence-electron chi connectivity index (χ1n) is 7.25. The summed E-state index contributed by atoms with van der Waals surface area (Å²) in [5, 5.41) is 5.61. The van der Waals surface area contributed by atoms with Gasteiger partial charge in [0.15, 0.2) is 0 Å². The maximum absolute atomic E-state index is 13.3. The summed E-state index contributed by atoms with van der Waals surface area (Å²) in [6.45, 7) is 4.21. The summed E-state index contributed by atoms with van der Waals surface area (Å²) in [7, 11) is 0. The highest BCUT2D eigenvalue weighted by Crippen LogP contribution is 2.18. The lowest BCUT2D eigenvalue weighted by atomic mass is 9.95. The number of benzene rings is 1. The van der Waals surface area contributed by atoms with Crippen LogP contribution in [-0.4, -0.2) is 13.1 Å². The molecule has 1 aromatic carbocycles. The number of hydrogen-bond acceptors (Lipinski definition) is 2. The number of hydrogen-bond donors (Lipinski definition) is 1. The fourth-order valence-corrected chi connectivity index (χ4v) is 3.23. The van der Waals surface area contributed by atoms with E-state index >= 15 is 0 Å². The Labute approximate surface area is 124 Å². The number of rotatable bonds is 8.